The van der Waals surface area contributed by atoms with E-state index >= 15 is 0 Å². The van der Waals surface area contributed by atoms with Crippen molar-refractivity contribution >= 4 is 6.03 Å². The molecule has 0 unspecified atom stereocenters. The number of aliphatic hydroxyl groups is 1. The number of hydrogen-bond acceptors (Lipinski definition) is 2. The Labute approximate surface area is 133 Å². The van der Waals surface area contributed by atoms with Gasteiger partial charge in [-0.25, -0.2) is 4.79 Å². The fourth-order valence-corrected chi connectivity index (χ4v) is 3.17. The predicted molar refractivity (Wildman–Crippen MR) is 87.7 cm³/mol. The molecule has 1 saturated carbocycles. The minimum atomic E-state index is -0.0583. The summed E-state index contributed by atoms with van der Waals surface area (Å²) in [4.78, 5) is 14.0. The minimum absolute atomic E-state index is 0.0235. The van der Waals surface area contributed by atoms with Gasteiger partial charge in [0.2, 0.25) is 0 Å². The second-order valence-corrected chi connectivity index (χ2v) is 6.16. The molecule has 1 aliphatic rings. The highest BCUT2D eigenvalue weighted by Crippen LogP contribution is 2.26. The lowest BCUT2D eigenvalue weighted by molar-refractivity contribution is 0.169. The van der Waals surface area contributed by atoms with Crippen LogP contribution in [0.15, 0.2) is 24.5 Å². The lowest BCUT2D eigenvalue weighted by atomic mass is 9.87. The zero-order chi connectivity index (χ0) is 15.6. The van der Waals surface area contributed by atoms with Crippen molar-refractivity contribution in [3.05, 3.63) is 24.5 Å². The second kappa shape index (κ2) is 9.51. The van der Waals surface area contributed by atoms with Crippen LogP contribution in [0.1, 0.15) is 38.5 Å². The van der Waals surface area contributed by atoms with Gasteiger partial charge in [-0.2, -0.15) is 0 Å². The van der Waals surface area contributed by atoms with Gasteiger partial charge in [-0.3, -0.25) is 0 Å². The molecule has 5 nitrogen and oxygen atoms in total. The molecular weight excluding hydrogens is 278 g/mol. The third-order valence-electron chi connectivity index (χ3n) is 4.50. The van der Waals surface area contributed by atoms with Gasteiger partial charge >= 0.3 is 6.03 Å². The van der Waals surface area contributed by atoms with Gasteiger partial charge in [-0.15, -0.1) is 0 Å². The molecule has 22 heavy (non-hydrogen) atoms. The molecule has 1 aliphatic carbocycles. The molecule has 0 aliphatic heterocycles. The van der Waals surface area contributed by atoms with E-state index < -0.39 is 0 Å². The molecule has 5 heteroatoms. The monoisotopic (exact) mass is 307 g/mol. The molecule has 0 spiro atoms. The molecule has 1 fully saturated rings. The SMILES string of the molecule is O=C(NCCn1cccc1)N(CCO)CCC1CCCCC1. The number of nitrogens with zero attached hydrogens (tertiary/aromatic N) is 2. The van der Waals surface area contributed by atoms with E-state index in [-0.39, 0.29) is 12.6 Å². The summed E-state index contributed by atoms with van der Waals surface area (Å²) in [7, 11) is 0. The van der Waals surface area contributed by atoms with Gasteiger partial charge in [0, 0.05) is 38.6 Å². The Hall–Kier alpha value is -1.49. The highest BCUT2D eigenvalue weighted by atomic mass is 16.3. The van der Waals surface area contributed by atoms with E-state index in [0.29, 0.717) is 13.1 Å². The van der Waals surface area contributed by atoms with Crippen molar-refractivity contribution in [1.82, 2.24) is 14.8 Å². The van der Waals surface area contributed by atoms with Gasteiger partial charge < -0.3 is 19.9 Å². The van der Waals surface area contributed by atoms with Crippen LogP contribution in [0, 0.1) is 5.92 Å². The number of rotatable bonds is 8. The Kier molecular flexibility index (Phi) is 7.30. The van der Waals surface area contributed by atoms with Crippen LogP contribution in [0.5, 0.6) is 0 Å². The van der Waals surface area contributed by atoms with Crippen LogP contribution in [-0.2, 0) is 6.54 Å². The van der Waals surface area contributed by atoms with E-state index in [4.69, 9.17) is 0 Å². The van der Waals surface area contributed by atoms with Crippen LogP contribution in [0.4, 0.5) is 4.79 Å². The lowest BCUT2D eigenvalue weighted by Gasteiger charge is -2.27. The first-order valence-corrected chi connectivity index (χ1v) is 8.54. The molecule has 1 aromatic rings. The molecule has 124 valence electrons. The largest absolute Gasteiger partial charge is 0.395 e. The van der Waals surface area contributed by atoms with E-state index in [1.165, 1.54) is 32.1 Å². The maximum atomic E-state index is 12.2. The van der Waals surface area contributed by atoms with Crippen molar-refractivity contribution in [3.8, 4) is 0 Å². The number of carbonyl (C=O) groups is 1. The van der Waals surface area contributed by atoms with Crippen molar-refractivity contribution < 1.29 is 9.90 Å². The van der Waals surface area contributed by atoms with Gasteiger partial charge in [0.05, 0.1) is 6.61 Å². The average Bonchev–Trinajstić information content (AvgIpc) is 3.05. The Morgan fingerprint density at radius 3 is 2.59 bits per heavy atom. The summed E-state index contributed by atoms with van der Waals surface area (Å²) >= 11 is 0. The van der Waals surface area contributed by atoms with Crippen molar-refractivity contribution in [2.24, 2.45) is 5.92 Å². The number of aromatic nitrogens is 1. The van der Waals surface area contributed by atoms with E-state index in [9.17, 15) is 9.90 Å². The first-order chi connectivity index (χ1) is 10.8. The summed E-state index contributed by atoms with van der Waals surface area (Å²) in [5.41, 5.74) is 0. The summed E-state index contributed by atoms with van der Waals surface area (Å²) in [5, 5.41) is 12.1. The Bertz CT molecular complexity index is 414. The maximum Gasteiger partial charge on any atom is 0.317 e. The number of hydrogen-bond donors (Lipinski definition) is 2. The zero-order valence-electron chi connectivity index (χ0n) is 13.4. The van der Waals surface area contributed by atoms with Crippen LogP contribution < -0.4 is 5.32 Å². The molecule has 2 rings (SSSR count). The minimum Gasteiger partial charge on any atom is -0.395 e. The van der Waals surface area contributed by atoms with Crippen LogP contribution in [-0.4, -0.2) is 46.8 Å². The van der Waals surface area contributed by atoms with E-state index in [1.54, 1.807) is 4.90 Å². The van der Waals surface area contributed by atoms with Gasteiger partial charge in [0.25, 0.3) is 0 Å². The van der Waals surface area contributed by atoms with Crippen LogP contribution in [0.25, 0.3) is 0 Å². The summed E-state index contributed by atoms with van der Waals surface area (Å²) < 4.78 is 2.04. The highest BCUT2D eigenvalue weighted by molar-refractivity contribution is 5.74. The molecule has 0 radical (unpaired) electrons. The fourth-order valence-electron chi connectivity index (χ4n) is 3.17. The average molecular weight is 307 g/mol. The van der Waals surface area contributed by atoms with Crippen LogP contribution in [0.3, 0.4) is 0 Å². The lowest BCUT2D eigenvalue weighted by Crippen LogP contribution is -2.43. The fraction of sp³-hybridized carbons (Fsp3) is 0.706. The van der Waals surface area contributed by atoms with Crippen molar-refractivity contribution in [2.45, 2.75) is 45.1 Å². The number of aliphatic hydroxyl groups excluding tert-OH is 1. The molecule has 0 bridgehead atoms. The standard InChI is InChI=1S/C17H29N3O2/c21-15-14-20(12-8-16-6-2-1-3-7-16)17(22)18-9-13-19-10-4-5-11-19/h4-5,10-11,16,21H,1-3,6-9,12-15H2,(H,18,22). The van der Waals surface area contributed by atoms with Gasteiger partial charge in [0.1, 0.15) is 0 Å². The van der Waals surface area contributed by atoms with Gasteiger partial charge in [-0.05, 0) is 24.5 Å². The van der Waals surface area contributed by atoms with Crippen LogP contribution in [0.2, 0.25) is 0 Å². The highest BCUT2D eigenvalue weighted by Gasteiger charge is 2.17. The molecule has 2 amide bonds. The molecule has 1 heterocycles. The normalized spacial score (nSPS) is 15.7. The molecule has 1 aromatic heterocycles. The third-order valence-corrected chi connectivity index (χ3v) is 4.50. The third kappa shape index (κ3) is 5.72. The van der Waals surface area contributed by atoms with Gasteiger partial charge in [0.15, 0.2) is 0 Å². The summed E-state index contributed by atoms with van der Waals surface area (Å²) in [5.74, 6) is 0.752. The summed E-state index contributed by atoms with van der Waals surface area (Å²) in [6, 6.07) is 3.89. The van der Waals surface area contributed by atoms with E-state index in [2.05, 4.69) is 5.32 Å². The second-order valence-electron chi connectivity index (χ2n) is 6.16. The van der Waals surface area contributed by atoms with Crippen LogP contribution >= 0.6 is 0 Å². The molecule has 0 aromatic carbocycles. The first kappa shape index (κ1) is 16.9. The van der Waals surface area contributed by atoms with E-state index in [0.717, 1.165) is 25.4 Å². The number of nitrogens with one attached hydrogen (secondary N) is 1. The Morgan fingerprint density at radius 2 is 1.91 bits per heavy atom. The molecular formula is C17H29N3O2. The first-order valence-electron chi connectivity index (χ1n) is 8.54. The van der Waals surface area contributed by atoms with Crippen molar-refractivity contribution in [3.63, 3.8) is 0 Å². The quantitative estimate of drug-likeness (QED) is 0.775. The molecule has 0 saturated heterocycles. The summed E-state index contributed by atoms with van der Waals surface area (Å²) in [6.45, 7) is 2.57. The number of carbonyl (C=O) groups excluding carboxylic acids is 1. The predicted octanol–water partition coefficient (Wildman–Crippen LogP) is 2.46. The number of amides is 2. The topological polar surface area (TPSA) is 57.5 Å². The molecule has 0 atom stereocenters. The summed E-state index contributed by atoms with van der Waals surface area (Å²) in [6.07, 6.45) is 11.6. The van der Waals surface area contributed by atoms with Crippen molar-refractivity contribution in [1.29, 1.82) is 0 Å². The van der Waals surface area contributed by atoms with Crippen molar-refractivity contribution in [2.75, 3.05) is 26.2 Å². The number of urea groups is 1. The molecule has 2 N–H and O–H groups in total. The Balaban J connectivity index is 1.69. The van der Waals surface area contributed by atoms with E-state index in [1.807, 2.05) is 29.1 Å². The van der Waals surface area contributed by atoms with Gasteiger partial charge in [-0.1, -0.05) is 32.1 Å². The smallest absolute Gasteiger partial charge is 0.317 e. The zero-order valence-corrected chi connectivity index (χ0v) is 13.4. The maximum absolute atomic E-state index is 12.2. The Morgan fingerprint density at radius 1 is 1.18 bits per heavy atom.